The first kappa shape index (κ1) is 32.8. The molecule has 2 aliphatic rings. The summed E-state index contributed by atoms with van der Waals surface area (Å²) in [6, 6.07) is 10.2. The predicted molar refractivity (Wildman–Crippen MR) is 177 cm³/mol. The smallest absolute Gasteiger partial charge is 0.407 e. The minimum atomic E-state index is -0.314. The van der Waals surface area contributed by atoms with Gasteiger partial charge in [-0.15, -0.1) is 0 Å². The average molecular weight is 658 g/mol. The Kier molecular flexibility index (Phi) is 12.1. The largest absolute Gasteiger partial charge is 0.493 e. The summed E-state index contributed by atoms with van der Waals surface area (Å²) in [7, 11) is 4.81. The summed E-state index contributed by atoms with van der Waals surface area (Å²) in [6.45, 7) is 1.56. The number of alkyl carbamates (subject to hydrolysis) is 1. The molecule has 0 atom stereocenters. The van der Waals surface area contributed by atoms with E-state index in [0.29, 0.717) is 61.3 Å². The highest BCUT2D eigenvalue weighted by atomic mass is 33.1. The van der Waals surface area contributed by atoms with Crippen molar-refractivity contribution in [2.45, 2.75) is 57.5 Å². The van der Waals surface area contributed by atoms with Gasteiger partial charge in [-0.25, -0.2) is 9.18 Å². The SMILES string of the molecule is COc1cc2c(cc1OCCCNC(=O)CSSCCCCNC(=O)OC1CCCC1)Cc1c(Nc3cccc(F)c3)n[nH]c1-2. The van der Waals surface area contributed by atoms with Gasteiger partial charge in [0, 0.05) is 42.1 Å². The molecule has 242 valence electrons. The van der Waals surface area contributed by atoms with Gasteiger partial charge < -0.3 is 30.2 Å². The van der Waals surface area contributed by atoms with E-state index in [1.54, 1.807) is 30.0 Å². The highest BCUT2D eigenvalue weighted by Crippen LogP contribution is 2.44. The number of anilines is 2. The Labute approximate surface area is 270 Å². The summed E-state index contributed by atoms with van der Waals surface area (Å²) < 4.78 is 30.7. The number of hydrogen-bond acceptors (Lipinski definition) is 9. The van der Waals surface area contributed by atoms with E-state index in [-0.39, 0.29) is 23.9 Å². The van der Waals surface area contributed by atoms with Crippen molar-refractivity contribution in [3.8, 4) is 22.8 Å². The first-order valence-corrected chi connectivity index (χ1v) is 17.9. The van der Waals surface area contributed by atoms with Crippen molar-refractivity contribution >= 4 is 45.1 Å². The molecule has 10 nitrogen and oxygen atoms in total. The number of nitrogens with one attached hydrogen (secondary N) is 4. The topological polar surface area (TPSA) is 127 Å². The van der Waals surface area contributed by atoms with Crippen LogP contribution in [-0.4, -0.2) is 66.6 Å². The van der Waals surface area contributed by atoms with Crippen LogP contribution in [0.4, 0.5) is 20.7 Å². The molecule has 45 heavy (non-hydrogen) atoms. The van der Waals surface area contributed by atoms with Gasteiger partial charge in [0.2, 0.25) is 5.91 Å². The minimum absolute atomic E-state index is 0.00338. The van der Waals surface area contributed by atoms with Crippen LogP contribution in [-0.2, 0) is 16.0 Å². The number of halogens is 1. The molecule has 1 heterocycles. The second kappa shape index (κ2) is 16.6. The Morgan fingerprint density at radius 3 is 2.71 bits per heavy atom. The summed E-state index contributed by atoms with van der Waals surface area (Å²) in [4.78, 5) is 24.0. The van der Waals surface area contributed by atoms with Crippen molar-refractivity contribution in [1.82, 2.24) is 20.8 Å². The molecule has 0 unspecified atom stereocenters. The molecule has 3 aromatic rings. The van der Waals surface area contributed by atoms with Crippen molar-refractivity contribution in [3.05, 3.63) is 53.3 Å². The van der Waals surface area contributed by atoms with Crippen molar-refractivity contribution in [2.24, 2.45) is 0 Å². The van der Waals surface area contributed by atoms with Crippen LogP contribution in [0.25, 0.3) is 11.3 Å². The Morgan fingerprint density at radius 2 is 1.89 bits per heavy atom. The summed E-state index contributed by atoms with van der Waals surface area (Å²) in [6.07, 6.45) is 7.16. The van der Waals surface area contributed by atoms with Crippen molar-refractivity contribution in [3.63, 3.8) is 0 Å². The van der Waals surface area contributed by atoms with E-state index in [4.69, 9.17) is 14.2 Å². The normalized spacial score (nSPS) is 13.6. The van der Waals surface area contributed by atoms with Gasteiger partial charge in [-0.1, -0.05) is 27.7 Å². The van der Waals surface area contributed by atoms with Gasteiger partial charge in [-0.05, 0) is 80.8 Å². The molecule has 1 saturated carbocycles. The van der Waals surface area contributed by atoms with Gasteiger partial charge >= 0.3 is 6.09 Å². The fraction of sp³-hybridized carbons (Fsp3) is 0.469. The number of aromatic nitrogens is 2. The van der Waals surface area contributed by atoms with Crippen LogP contribution in [0.5, 0.6) is 11.5 Å². The number of hydrogen-bond donors (Lipinski definition) is 4. The molecular weight excluding hydrogens is 618 g/mol. The molecule has 2 aliphatic carbocycles. The predicted octanol–water partition coefficient (Wildman–Crippen LogP) is 6.59. The molecule has 2 aromatic carbocycles. The summed E-state index contributed by atoms with van der Waals surface area (Å²) in [5.41, 5.74) is 4.61. The van der Waals surface area contributed by atoms with Gasteiger partial charge in [0.1, 0.15) is 11.9 Å². The van der Waals surface area contributed by atoms with E-state index < -0.39 is 0 Å². The number of nitrogens with zero attached hydrogens (tertiary/aromatic N) is 1. The number of benzene rings is 2. The van der Waals surface area contributed by atoms with E-state index in [1.165, 1.54) is 22.9 Å². The maximum absolute atomic E-state index is 13.6. The summed E-state index contributed by atoms with van der Waals surface area (Å²) in [5, 5.41) is 16.5. The van der Waals surface area contributed by atoms with Gasteiger partial charge in [-0.3, -0.25) is 9.89 Å². The lowest BCUT2D eigenvalue weighted by atomic mass is 10.1. The number of H-pyrrole nitrogens is 1. The zero-order valence-corrected chi connectivity index (χ0v) is 27.0. The van der Waals surface area contributed by atoms with Crippen LogP contribution < -0.4 is 25.4 Å². The van der Waals surface area contributed by atoms with Crippen LogP contribution in [0.2, 0.25) is 0 Å². The quantitative estimate of drug-likeness (QED) is 0.0735. The molecule has 0 spiro atoms. The van der Waals surface area contributed by atoms with E-state index in [2.05, 4.69) is 26.1 Å². The molecule has 13 heteroatoms. The Balaban J connectivity index is 0.946. The number of carbonyl (C=O) groups excluding carboxylic acids is 2. The molecule has 1 aromatic heterocycles. The van der Waals surface area contributed by atoms with Crippen LogP contribution in [0, 0.1) is 5.82 Å². The standard InChI is InChI=1S/C32H40FN5O5S2/c1-41-27-19-25-21(16-26-30(25)37-38-31(26)36-23-9-6-8-22(33)18-23)17-28(27)42-14-7-13-34-29(39)20-45-44-15-5-4-12-35-32(40)43-24-10-2-3-11-24/h6,8-9,17-19,24H,2-5,7,10-16,20H2,1H3,(H,34,39)(H,35,40)(H2,36,37,38). The van der Waals surface area contributed by atoms with Crippen LogP contribution in [0.1, 0.15) is 56.1 Å². The second-order valence-corrected chi connectivity index (χ2v) is 13.6. The first-order valence-electron chi connectivity index (χ1n) is 15.4. The number of unbranched alkanes of at least 4 members (excludes halogenated alkanes) is 1. The number of amides is 2. The number of ether oxygens (including phenoxy) is 3. The molecule has 0 saturated heterocycles. The molecule has 0 aliphatic heterocycles. The lowest BCUT2D eigenvalue weighted by Crippen LogP contribution is -2.28. The first-order chi connectivity index (χ1) is 22.0. The van der Waals surface area contributed by atoms with E-state index in [9.17, 15) is 14.0 Å². The van der Waals surface area contributed by atoms with Gasteiger partial charge in [0.05, 0.1) is 25.2 Å². The van der Waals surface area contributed by atoms with Crippen molar-refractivity contribution in [2.75, 3.05) is 43.6 Å². The minimum Gasteiger partial charge on any atom is -0.493 e. The van der Waals surface area contributed by atoms with Crippen LogP contribution in [0.15, 0.2) is 36.4 Å². The zero-order chi connectivity index (χ0) is 31.4. The Hall–Kier alpha value is -3.58. The molecule has 1 fully saturated rings. The maximum Gasteiger partial charge on any atom is 0.407 e. The molecule has 4 N–H and O–H groups in total. The fourth-order valence-corrected chi connectivity index (χ4v) is 7.38. The molecule has 0 radical (unpaired) electrons. The Bertz CT molecular complexity index is 1450. The van der Waals surface area contributed by atoms with Gasteiger partial charge in [0.15, 0.2) is 17.3 Å². The lowest BCUT2D eigenvalue weighted by molar-refractivity contribution is -0.118. The molecule has 0 bridgehead atoms. The molecule has 2 amide bonds. The maximum atomic E-state index is 13.6. The number of methoxy groups -OCH3 is 1. The lowest BCUT2D eigenvalue weighted by Gasteiger charge is -2.13. The van der Waals surface area contributed by atoms with E-state index in [1.807, 2.05) is 12.1 Å². The van der Waals surface area contributed by atoms with Gasteiger partial charge in [0.25, 0.3) is 0 Å². The summed E-state index contributed by atoms with van der Waals surface area (Å²) in [5.74, 6) is 2.91. The molecule has 5 rings (SSSR count). The third-order valence-electron chi connectivity index (χ3n) is 7.65. The van der Waals surface area contributed by atoms with Crippen LogP contribution in [0.3, 0.4) is 0 Å². The van der Waals surface area contributed by atoms with Gasteiger partial charge in [-0.2, -0.15) is 5.10 Å². The third kappa shape index (κ3) is 9.46. The second-order valence-electron chi connectivity index (χ2n) is 11.0. The number of aromatic amines is 1. The monoisotopic (exact) mass is 657 g/mol. The Morgan fingerprint density at radius 1 is 1.04 bits per heavy atom. The average Bonchev–Trinajstić information content (AvgIpc) is 3.76. The number of rotatable bonds is 17. The highest BCUT2D eigenvalue weighted by Gasteiger charge is 2.27. The van der Waals surface area contributed by atoms with Crippen molar-refractivity contribution in [1.29, 1.82) is 0 Å². The fourth-order valence-electron chi connectivity index (χ4n) is 5.37. The third-order valence-corrected chi connectivity index (χ3v) is 10.0. The molecular formula is C32H40FN5O5S2. The van der Waals surface area contributed by atoms with E-state index in [0.717, 1.165) is 66.7 Å². The summed E-state index contributed by atoms with van der Waals surface area (Å²) >= 11 is 0. The highest BCUT2D eigenvalue weighted by molar-refractivity contribution is 8.76. The zero-order valence-electron chi connectivity index (χ0n) is 25.4. The van der Waals surface area contributed by atoms with E-state index >= 15 is 0 Å². The van der Waals surface area contributed by atoms with Crippen LogP contribution >= 0.6 is 21.6 Å². The number of carbonyl (C=O) groups is 2. The van der Waals surface area contributed by atoms with Crippen molar-refractivity contribution < 1.29 is 28.2 Å². The number of fused-ring (bicyclic) bond motifs is 3.